The van der Waals surface area contributed by atoms with Crippen molar-refractivity contribution in [1.82, 2.24) is 10.3 Å². The molecule has 0 unspecified atom stereocenters. The number of carbonyl (C=O) groups is 3. The van der Waals surface area contributed by atoms with Crippen molar-refractivity contribution < 1.29 is 14.4 Å². The number of amides is 1. The standard InChI is InChI=1S/C14H9N2O3S/c17-12-5-8(7-20-12)16-14(19)13(18)10-6-15-11-4-2-1-3-9(10)11/h1-6,15H,7H2. The lowest BCUT2D eigenvalue weighted by molar-refractivity contribution is -0.116. The number of Topliss-reactive ketones (excluding diaryl/α,β-unsaturated/α-hetero) is 1. The quantitative estimate of drug-likeness (QED) is 0.686. The monoisotopic (exact) mass is 285 g/mol. The van der Waals surface area contributed by atoms with Crippen LogP contribution >= 0.6 is 11.8 Å². The number of aromatic amines is 1. The summed E-state index contributed by atoms with van der Waals surface area (Å²) in [5.41, 5.74) is 1.43. The zero-order chi connectivity index (χ0) is 14.1. The summed E-state index contributed by atoms with van der Waals surface area (Å²) in [7, 11) is 0. The van der Waals surface area contributed by atoms with Crippen LogP contribution < -0.4 is 5.32 Å². The summed E-state index contributed by atoms with van der Waals surface area (Å²) in [6.45, 7) is 0. The lowest BCUT2D eigenvalue weighted by atomic mass is 10.1. The Kier molecular flexibility index (Phi) is 3.15. The number of hydrogen-bond donors (Lipinski definition) is 1. The topological polar surface area (TPSA) is 81.1 Å². The minimum atomic E-state index is -0.851. The van der Waals surface area contributed by atoms with Crippen LogP contribution in [-0.4, -0.2) is 27.5 Å². The van der Waals surface area contributed by atoms with Gasteiger partial charge in [0.25, 0.3) is 5.78 Å². The van der Waals surface area contributed by atoms with Gasteiger partial charge in [-0.05, 0) is 6.07 Å². The van der Waals surface area contributed by atoms with E-state index in [1.165, 1.54) is 12.3 Å². The summed E-state index contributed by atoms with van der Waals surface area (Å²) in [6, 6.07) is 7.22. The van der Waals surface area contributed by atoms with E-state index in [1.54, 1.807) is 12.1 Å². The van der Waals surface area contributed by atoms with Gasteiger partial charge in [-0.2, -0.15) is 0 Å². The van der Waals surface area contributed by atoms with Crippen LogP contribution in [0.2, 0.25) is 0 Å². The fourth-order valence-corrected chi connectivity index (χ4v) is 2.64. The molecular formula is C14H9N2O3S. The van der Waals surface area contributed by atoms with Gasteiger partial charge < -0.3 is 4.98 Å². The largest absolute Gasteiger partial charge is 0.360 e. The average Bonchev–Trinajstić information content (AvgIpc) is 3.04. The van der Waals surface area contributed by atoms with E-state index in [1.807, 2.05) is 12.1 Å². The van der Waals surface area contributed by atoms with Crippen molar-refractivity contribution in [2.24, 2.45) is 0 Å². The Morgan fingerprint density at radius 2 is 2.05 bits per heavy atom. The van der Waals surface area contributed by atoms with Crippen molar-refractivity contribution in [2.75, 3.05) is 5.75 Å². The second kappa shape index (κ2) is 4.97. The molecule has 20 heavy (non-hydrogen) atoms. The molecule has 3 rings (SSSR count). The van der Waals surface area contributed by atoms with E-state index in [2.05, 4.69) is 10.3 Å². The highest BCUT2D eigenvalue weighted by Crippen LogP contribution is 2.20. The summed E-state index contributed by atoms with van der Waals surface area (Å²) < 4.78 is 0. The fourth-order valence-electron chi connectivity index (χ4n) is 1.98. The Balaban J connectivity index is 1.83. The van der Waals surface area contributed by atoms with Crippen molar-refractivity contribution in [3.63, 3.8) is 0 Å². The van der Waals surface area contributed by atoms with Crippen molar-refractivity contribution in [1.29, 1.82) is 0 Å². The molecule has 0 bridgehead atoms. The minimum absolute atomic E-state index is 0.143. The summed E-state index contributed by atoms with van der Waals surface area (Å²) in [6.07, 6.45) is 2.79. The van der Waals surface area contributed by atoms with Gasteiger partial charge in [0, 0.05) is 28.9 Å². The maximum atomic E-state index is 12.1. The molecule has 1 aromatic carbocycles. The number of hydrogen-bond acceptors (Lipinski definition) is 4. The Bertz CT molecular complexity index is 761. The Morgan fingerprint density at radius 3 is 2.80 bits per heavy atom. The molecule has 1 amide bonds. The Morgan fingerprint density at radius 1 is 1.25 bits per heavy atom. The Hall–Kier alpha value is -2.34. The molecular weight excluding hydrogens is 276 g/mol. The molecule has 99 valence electrons. The van der Waals surface area contributed by atoms with Crippen LogP contribution in [0.15, 0.2) is 42.2 Å². The summed E-state index contributed by atoms with van der Waals surface area (Å²) in [5, 5.41) is 4.25. The van der Waals surface area contributed by atoms with Crippen LogP contribution in [0.3, 0.4) is 0 Å². The van der Waals surface area contributed by atoms with Gasteiger partial charge in [0.1, 0.15) is 0 Å². The minimum Gasteiger partial charge on any atom is -0.360 e. The van der Waals surface area contributed by atoms with Crippen LogP contribution in [0.4, 0.5) is 0 Å². The molecule has 2 aromatic rings. The van der Waals surface area contributed by atoms with Gasteiger partial charge in [-0.3, -0.25) is 14.4 Å². The van der Waals surface area contributed by atoms with Gasteiger partial charge in [-0.15, -0.1) is 0 Å². The average molecular weight is 285 g/mol. The van der Waals surface area contributed by atoms with Crippen LogP contribution in [0.25, 0.3) is 10.9 Å². The molecule has 0 atom stereocenters. The first-order valence-corrected chi connectivity index (χ1v) is 6.87. The number of para-hydroxylation sites is 1. The summed E-state index contributed by atoms with van der Waals surface area (Å²) >= 11 is 1.06. The maximum absolute atomic E-state index is 12.1. The molecule has 1 aromatic heterocycles. The molecule has 1 aliphatic heterocycles. The first kappa shape index (κ1) is 12.7. The number of ketones is 1. The molecule has 0 spiro atoms. The number of fused-ring (bicyclic) bond motifs is 1. The van der Waals surface area contributed by atoms with Gasteiger partial charge in [0.05, 0.1) is 11.3 Å². The molecule has 5 nitrogen and oxygen atoms in total. The van der Waals surface area contributed by atoms with Crippen LogP contribution in [0.5, 0.6) is 0 Å². The van der Waals surface area contributed by atoms with Crippen molar-refractivity contribution >= 4 is 39.5 Å². The van der Waals surface area contributed by atoms with Gasteiger partial charge in [-0.1, -0.05) is 30.0 Å². The van der Waals surface area contributed by atoms with Gasteiger partial charge >= 0.3 is 5.91 Å². The molecule has 2 heterocycles. The zero-order valence-electron chi connectivity index (χ0n) is 10.3. The molecule has 0 aliphatic carbocycles. The maximum Gasteiger partial charge on any atom is 0.318 e. The third-order valence-electron chi connectivity index (χ3n) is 2.92. The lowest BCUT2D eigenvalue weighted by Crippen LogP contribution is -2.24. The van der Waals surface area contributed by atoms with Crippen LogP contribution in [0.1, 0.15) is 10.4 Å². The highest BCUT2D eigenvalue weighted by molar-refractivity contribution is 8.14. The van der Waals surface area contributed by atoms with E-state index >= 15 is 0 Å². The van der Waals surface area contributed by atoms with E-state index in [4.69, 9.17) is 0 Å². The highest BCUT2D eigenvalue weighted by atomic mass is 32.2. The lowest BCUT2D eigenvalue weighted by Gasteiger charge is -2.00. The summed E-state index contributed by atoms with van der Waals surface area (Å²) in [4.78, 5) is 37.9. The second-order valence-electron chi connectivity index (χ2n) is 4.24. The summed E-state index contributed by atoms with van der Waals surface area (Å²) in [5.74, 6) is -1.19. The zero-order valence-corrected chi connectivity index (χ0v) is 11.1. The number of thioether (sulfide) groups is 1. The third-order valence-corrected chi connectivity index (χ3v) is 3.76. The first-order chi connectivity index (χ1) is 9.65. The van der Waals surface area contributed by atoms with Gasteiger partial charge in [-0.25, -0.2) is 5.32 Å². The SMILES string of the molecule is O=C1C=C([N]C(=O)C(=O)c2c[nH]c3ccccc23)CS1. The molecule has 0 saturated heterocycles. The number of benzene rings is 1. The molecule has 1 N–H and O–H groups in total. The third kappa shape index (κ3) is 2.25. The van der Waals surface area contributed by atoms with E-state index in [0.717, 1.165) is 17.3 Å². The normalized spacial score (nSPS) is 14.4. The Labute approximate surface area is 118 Å². The van der Waals surface area contributed by atoms with Crippen molar-refractivity contribution in [3.8, 4) is 0 Å². The van der Waals surface area contributed by atoms with Crippen molar-refractivity contribution in [2.45, 2.75) is 0 Å². The van der Waals surface area contributed by atoms with E-state index in [9.17, 15) is 14.4 Å². The number of H-pyrrole nitrogens is 1. The van der Waals surface area contributed by atoms with Crippen molar-refractivity contribution in [3.05, 3.63) is 47.8 Å². The van der Waals surface area contributed by atoms with Gasteiger partial charge in [0.2, 0.25) is 5.12 Å². The molecule has 6 heteroatoms. The predicted molar refractivity (Wildman–Crippen MR) is 75.3 cm³/mol. The number of nitrogens with zero attached hydrogens (tertiary/aromatic N) is 1. The molecule has 0 fully saturated rings. The predicted octanol–water partition coefficient (Wildman–Crippen LogP) is 1.64. The van der Waals surface area contributed by atoms with E-state index in [-0.39, 0.29) is 5.12 Å². The number of rotatable bonds is 3. The second-order valence-corrected chi connectivity index (χ2v) is 5.22. The van der Waals surface area contributed by atoms with Gasteiger partial charge in [0.15, 0.2) is 0 Å². The fraction of sp³-hybridized carbons (Fsp3) is 0.0714. The molecule has 1 aliphatic rings. The van der Waals surface area contributed by atoms with E-state index in [0.29, 0.717) is 22.4 Å². The smallest absolute Gasteiger partial charge is 0.318 e. The number of aromatic nitrogens is 1. The van der Waals surface area contributed by atoms with Crippen LogP contribution in [-0.2, 0) is 9.59 Å². The highest BCUT2D eigenvalue weighted by Gasteiger charge is 2.24. The number of nitrogens with one attached hydrogen (secondary N) is 1. The van der Waals surface area contributed by atoms with Crippen LogP contribution in [0, 0.1) is 0 Å². The number of carbonyl (C=O) groups excluding carboxylic acids is 3. The molecule has 0 saturated carbocycles. The molecule has 1 radical (unpaired) electrons. The first-order valence-electron chi connectivity index (χ1n) is 5.89. The van der Waals surface area contributed by atoms with E-state index < -0.39 is 11.7 Å².